The summed E-state index contributed by atoms with van der Waals surface area (Å²) in [6.07, 6.45) is 6.19. The fourth-order valence-corrected chi connectivity index (χ4v) is 0.929. The summed E-state index contributed by atoms with van der Waals surface area (Å²) in [5, 5.41) is 7.63. The van der Waals surface area contributed by atoms with Crippen LogP contribution in [0, 0.1) is 0 Å². The predicted octanol–water partition coefficient (Wildman–Crippen LogP) is 0.00630. The van der Waals surface area contributed by atoms with Crippen molar-refractivity contribution in [2.45, 2.75) is 0 Å². The molecule has 7 heteroatoms. The molecule has 0 unspecified atom stereocenters. The van der Waals surface area contributed by atoms with Gasteiger partial charge >= 0.3 is 0 Å². The van der Waals surface area contributed by atoms with E-state index >= 15 is 0 Å². The van der Waals surface area contributed by atoms with Crippen molar-refractivity contribution in [2.24, 2.45) is 30.2 Å². The molecule has 2 heterocycles. The average Bonchev–Trinajstić information content (AvgIpc) is 2.86. The Balaban J connectivity index is 0.00000112. The summed E-state index contributed by atoms with van der Waals surface area (Å²) in [7, 11) is 0. The molecule has 0 aliphatic carbocycles. The number of hydrogen-bond donors (Lipinski definition) is 0. The summed E-state index contributed by atoms with van der Waals surface area (Å²) in [6.45, 7) is 1.17. The predicted molar refractivity (Wildman–Crippen MR) is 58.6 cm³/mol. The second-order valence-electron chi connectivity index (χ2n) is 2.64. The second-order valence-corrected chi connectivity index (χ2v) is 2.64. The smallest absolute Gasteiger partial charge is 0.110 e. The van der Waals surface area contributed by atoms with E-state index in [2.05, 4.69) is 30.2 Å². The Labute approximate surface area is 99.5 Å². The van der Waals surface area contributed by atoms with Gasteiger partial charge in [0.25, 0.3) is 0 Å². The fourth-order valence-electron chi connectivity index (χ4n) is 0.929. The van der Waals surface area contributed by atoms with Crippen LogP contribution in [0.15, 0.2) is 30.2 Å². The molecule has 2 aliphatic rings. The van der Waals surface area contributed by atoms with Gasteiger partial charge in [-0.2, -0.15) is 10.2 Å². The molecule has 15 heavy (non-hydrogen) atoms. The van der Waals surface area contributed by atoms with Crippen LogP contribution in [0.25, 0.3) is 0 Å². The minimum absolute atomic E-state index is 0. The molecule has 0 atom stereocenters. The molecule has 0 fully saturated rings. The molecule has 0 aromatic carbocycles. The van der Waals surface area contributed by atoms with Crippen molar-refractivity contribution in [3.8, 4) is 0 Å². The topological polar surface area (TPSA) is 74.2 Å². The number of nitrogens with zero attached hydrogens (tertiary/aromatic N) is 6. The zero-order valence-corrected chi connectivity index (χ0v) is 11.1. The van der Waals surface area contributed by atoms with E-state index < -0.39 is 0 Å². The van der Waals surface area contributed by atoms with Crippen molar-refractivity contribution in [3.05, 3.63) is 0 Å². The molecule has 6 nitrogen and oxygen atoms in total. The first kappa shape index (κ1) is 11.7. The van der Waals surface area contributed by atoms with Crippen LogP contribution in [0.4, 0.5) is 0 Å². The van der Waals surface area contributed by atoms with Gasteiger partial charge in [-0.1, -0.05) is 0 Å². The van der Waals surface area contributed by atoms with Gasteiger partial charge in [0.2, 0.25) is 0 Å². The monoisotopic (exact) mass is 252 g/mol. The summed E-state index contributed by atoms with van der Waals surface area (Å²) in [6, 6.07) is 0. The van der Waals surface area contributed by atoms with Gasteiger partial charge in [-0.05, 0) is 0 Å². The zero-order chi connectivity index (χ0) is 9.64. The van der Waals surface area contributed by atoms with Gasteiger partial charge in [0.1, 0.15) is 12.7 Å². The summed E-state index contributed by atoms with van der Waals surface area (Å²) in [4.78, 5) is 15.7. The minimum Gasteiger partial charge on any atom is -0.267 e. The third kappa shape index (κ3) is 3.71. The van der Waals surface area contributed by atoms with Gasteiger partial charge in [-0.25, -0.2) is 9.98 Å². The van der Waals surface area contributed by atoms with E-state index in [9.17, 15) is 0 Å². The molecular formula is C8H8N6Zn. The number of hydrogen-bond acceptors (Lipinski definition) is 6. The molecule has 0 aromatic heterocycles. The van der Waals surface area contributed by atoms with Crippen LogP contribution >= 0.6 is 0 Å². The average molecular weight is 254 g/mol. The first-order chi connectivity index (χ1) is 6.95. The Bertz CT molecular complexity index is 352. The van der Waals surface area contributed by atoms with Gasteiger partial charge in [0.05, 0.1) is 36.9 Å². The van der Waals surface area contributed by atoms with Crippen LogP contribution in [0.1, 0.15) is 0 Å². The molecule has 0 saturated heterocycles. The third-order valence-electron chi connectivity index (χ3n) is 1.60. The van der Waals surface area contributed by atoms with Crippen molar-refractivity contribution in [3.63, 3.8) is 0 Å². The molecule has 0 amide bonds. The molecule has 0 N–H and O–H groups in total. The Morgan fingerprint density at radius 2 is 1.40 bits per heavy atom. The first-order valence-corrected chi connectivity index (χ1v) is 4.11. The normalized spacial score (nSPS) is 18.7. The second kappa shape index (κ2) is 6.19. The van der Waals surface area contributed by atoms with Crippen LogP contribution < -0.4 is 0 Å². The Morgan fingerprint density at radius 1 is 0.933 bits per heavy atom. The Kier molecular flexibility index (Phi) is 4.83. The maximum atomic E-state index is 3.95. The molecule has 2 rings (SSSR count). The van der Waals surface area contributed by atoms with Crippen LogP contribution in [-0.2, 0) is 19.5 Å². The van der Waals surface area contributed by atoms with Gasteiger partial charge in [0.15, 0.2) is 0 Å². The molecule has 0 spiro atoms. The van der Waals surface area contributed by atoms with Crippen LogP contribution in [0.2, 0.25) is 0 Å². The third-order valence-corrected chi connectivity index (χ3v) is 1.60. The molecular weight excluding hydrogens is 246 g/mol. The SMILES string of the molecule is C1=NCC(C=NN=CC2=NC=NC2)=N1.[Zn]. The van der Waals surface area contributed by atoms with Gasteiger partial charge in [-0.15, -0.1) is 0 Å². The molecule has 0 saturated carbocycles. The molecule has 0 aromatic rings. The quantitative estimate of drug-likeness (QED) is 0.386. The van der Waals surface area contributed by atoms with Crippen molar-refractivity contribution >= 4 is 36.5 Å². The van der Waals surface area contributed by atoms with E-state index in [-0.39, 0.29) is 19.5 Å². The van der Waals surface area contributed by atoms with Gasteiger partial charge in [0, 0.05) is 19.5 Å². The minimum atomic E-state index is 0. The molecule has 0 radical (unpaired) electrons. The van der Waals surface area contributed by atoms with Crippen molar-refractivity contribution in [1.29, 1.82) is 0 Å². The van der Waals surface area contributed by atoms with Crippen molar-refractivity contribution in [1.82, 2.24) is 0 Å². The molecule has 0 bridgehead atoms. The summed E-state index contributed by atoms with van der Waals surface area (Å²) < 4.78 is 0. The van der Waals surface area contributed by atoms with Crippen molar-refractivity contribution < 1.29 is 19.5 Å². The van der Waals surface area contributed by atoms with Crippen LogP contribution in [0.5, 0.6) is 0 Å². The standard InChI is InChI=1S/C8H8N6.Zn/c1-7(11-5-9-1)3-13-14-4-8-2-10-6-12-8;/h3-6H,1-2H2;. The maximum absolute atomic E-state index is 3.95. The fraction of sp³-hybridized carbons (Fsp3) is 0.250. The summed E-state index contributed by atoms with van der Waals surface area (Å²) in [5.41, 5.74) is 1.62. The zero-order valence-electron chi connectivity index (χ0n) is 8.11. The number of aliphatic imine (C=N–C) groups is 4. The van der Waals surface area contributed by atoms with E-state index in [4.69, 9.17) is 0 Å². The van der Waals surface area contributed by atoms with E-state index in [1.165, 1.54) is 12.7 Å². The van der Waals surface area contributed by atoms with E-state index in [1.54, 1.807) is 12.4 Å². The van der Waals surface area contributed by atoms with Gasteiger partial charge < -0.3 is 0 Å². The van der Waals surface area contributed by atoms with Gasteiger partial charge in [-0.3, -0.25) is 9.98 Å². The summed E-state index contributed by atoms with van der Waals surface area (Å²) >= 11 is 0. The maximum Gasteiger partial charge on any atom is 0.110 e. The Morgan fingerprint density at radius 3 is 1.73 bits per heavy atom. The van der Waals surface area contributed by atoms with E-state index in [1.807, 2.05) is 0 Å². The van der Waals surface area contributed by atoms with E-state index in [0.29, 0.717) is 13.1 Å². The van der Waals surface area contributed by atoms with Crippen molar-refractivity contribution in [2.75, 3.05) is 13.1 Å². The number of rotatable bonds is 3. The Hall–Kier alpha value is -1.36. The largest absolute Gasteiger partial charge is 0.267 e. The molecule has 2 aliphatic heterocycles. The molecule has 72 valence electrons. The summed E-state index contributed by atoms with van der Waals surface area (Å²) in [5.74, 6) is 0. The van der Waals surface area contributed by atoms with Crippen LogP contribution in [0.3, 0.4) is 0 Å². The van der Waals surface area contributed by atoms with E-state index in [0.717, 1.165) is 11.4 Å². The van der Waals surface area contributed by atoms with Crippen LogP contribution in [-0.4, -0.2) is 49.6 Å². The first-order valence-electron chi connectivity index (χ1n) is 4.11.